The Balaban J connectivity index is 0.000000304. The molecule has 94 valence electrons. The van der Waals surface area contributed by atoms with Crippen LogP contribution in [0.2, 0.25) is 0 Å². The lowest BCUT2D eigenvalue weighted by Crippen LogP contribution is -1.72. The second-order valence-corrected chi connectivity index (χ2v) is 4.28. The van der Waals surface area contributed by atoms with E-state index in [9.17, 15) is 0 Å². The minimum Gasteiger partial charge on any atom is -0.103 e. The van der Waals surface area contributed by atoms with Crippen LogP contribution in [0.5, 0.6) is 0 Å². The molecule has 0 aromatic heterocycles. The molecule has 0 N–H and O–H groups in total. The van der Waals surface area contributed by atoms with Gasteiger partial charge in [-0.15, -0.1) is 6.58 Å². The molecule has 0 spiro atoms. The quantitative estimate of drug-likeness (QED) is 0.424. The highest BCUT2D eigenvalue weighted by molar-refractivity contribution is 5.60. The maximum absolute atomic E-state index is 3.83. The van der Waals surface area contributed by atoms with E-state index in [1.165, 1.54) is 37.7 Å². The van der Waals surface area contributed by atoms with Crippen LogP contribution in [0, 0.1) is 0 Å². The van der Waals surface area contributed by atoms with E-state index in [0.717, 1.165) is 5.57 Å². The fraction of sp³-hybridized carbons (Fsp3) is 0.412. The Labute approximate surface area is 107 Å². The van der Waals surface area contributed by atoms with E-state index in [4.69, 9.17) is 0 Å². The largest absolute Gasteiger partial charge is 0.103 e. The van der Waals surface area contributed by atoms with Gasteiger partial charge in [-0.3, -0.25) is 0 Å². The van der Waals surface area contributed by atoms with E-state index in [2.05, 4.69) is 32.2 Å². The summed E-state index contributed by atoms with van der Waals surface area (Å²) < 4.78 is 0. The zero-order chi connectivity index (χ0) is 12.9. The van der Waals surface area contributed by atoms with Gasteiger partial charge in [0.05, 0.1) is 0 Å². The summed E-state index contributed by atoms with van der Waals surface area (Å²) in [6.07, 6.45) is 8.61. The van der Waals surface area contributed by atoms with Gasteiger partial charge < -0.3 is 0 Å². The molecule has 0 nitrogen and oxygen atoms in total. The molecule has 0 aliphatic carbocycles. The van der Waals surface area contributed by atoms with E-state index in [1.54, 1.807) is 0 Å². The molecule has 0 radical (unpaired) electrons. The minimum atomic E-state index is 1.12. The highest BCUT2D eigenvalue weighted by atomic mass is 13.9. The molecule has 17 heavy (non-hydrogen) atoms. The van der Waals surface area contributed by atoms with Gasteiger partial charge in [-0.1, -0.05) is 74.7 Å². The third kappa shape index (κ3) is 9.62. The number of allylic oxidation sites excluding steroid dienone is 2. The summed E-state index contributed by atoms with van der Waals surface area (Å²) >= 11 is 0. The predicted molar refractivity (Wildman–Crippen MR) is 80.1 cm³/mol. The zero-order valence-corrected chi connectivity index (χ0v) is 11.4. The van der Waals surface area contributed by atoms with E-state index in [1.807, 2.05) is 31.2 Å². The molecule has 0 unspecified atom stereocenters. The topological polar surface area (TPSA) is 0 Å². The second kappa shape index (κ2) is 11.2. The van der Waals surface area contributed by atoms with Crippen LogP contribution in [0.1, 0.15) is 51.5 Å². The summed E-state index contributed by atoms with van der Waals surface area (Å²) in [6.45, 7) is 11.7. The van der Waals surface area contributed by atoms with Crippen LogP contribution in [-0.4, -0.2) is 0 Å². The van der Waals surface area contributed by atoms with Gasteiger partial charge in [0.15, 0.2) is 0 Å². The first-order valence-corrected chi connectivity index (χ1v) is 6.54. The Hall–Kier alpha value is -1.30. The fourth-order valence-electron chi connectivity index (χ4n) is 1.44. The van der Waals surface area contributed by atoms with Crippen LogP contribution in [0.3, 0.4) is 0 Å². The molecule has 0 aliphatic heterocycles. The SMILES string of the molecule is C=C(C)c1ccccc1.C=CCCCCCC. The summed E-state index contributed by atoms with van der Waals surface area (Å²) in [5.74, 6) is 0. The number of benzene rings is 1. The van der Waals surface area contributed by atoms with Gasteiger partial charge in [-0.2, -0.15) is 0 Å². The van der Waals surface area contributed by atoms with Crippen molar-refractivity contribution in [3.8, 4) is 0 Å². The standard InChI is InChI=1S/C9H10.C8H16/c1-8(2)9-6-4-3-5-7-9;1-3-5-7-8-6-4-2/h3-7H,1H2,2H3;3H,1,4-8H2,2H3. The molecule has 1 aromatic carbocycles. The Kier molecular flexibility index (Phi) is 10.3. The van der Waals surface area contributed by atoms with Crippen molar-refractivity contribution in [1.82, 2.24) is 0 Å². The molecule has 1 rings (SSSR count). The van der Waals surface area contributed by atoms with Crippen LogP contribution in [-0.2, 0) is 0 Å². The number of hydrogen-bond acceptors (Lipinski definition) is 0. The third-order valence-electron chi connectivity index (χ3n) is 2.53. The average molecular weight is 230 g/mol. The van der Waals surface area contributed by atoms with Crippen molar-refractivity contribution in [2.24, 2.45) is 0 Å². The summed E-state index contributed by atoms with van der Waals surface area (Å²) in [5.41, 5.74) is 2.34. The van der Waals surface area contributed by atoms with Crippen molar-refractivity contribution in [2.45, 2.75) is 46.0 Å². The summed E-state index contributed by atoms with van der Waals surface area (Å²) in [5, 5.41) is 0. The molecule has 0 saturated heterocycles. The van der Waals surface area contributed by atoms with Crippen LogP contribution in [0.15, 0.2) is 49.6 Å². The lowest BCUT2D eigenvalue weighted by Gasteiger charge is -1.94. The molecule has 0 heterocycles. The fourth-order valence-corrected chi connectivity index (χ4v) is 1.44. The lowest BCUT2D eigenvalue weighted by atomic mass is 10.1. The smallest absolute Gasteiger partial charge is 0.0233 e. The highest BCUT2D eigenvalue weighted by Crippen LogP contribution is 2.08. The molecule has 0 atom stereocenters. The molecule has 0 amide bonds. The van der Waals surface area contributed by atoms with Crippen molar-refractivity contribution in [1.29, 1.82) is 0 Å². The van der Waals surface area contributed by atoms with Crippen LogP contribution in [0.25, 0.3) is 5.57 Å². The van der Waals surface area contributed by atoms with E-state index < -0.39 is 0 Å². The van der Waals surface area contributed by atoms with Gasteiger partial charge in [0, 0.05) is 0 Å². The Morgan fingerprint density at radius 1 is 1.12 bits per heavy atom. The molecule has 1 aromatic rings. The first kappa shape index (κ1) is 15.7. The summed E-state index contributed by atoms with van der Waals surface area (Å²) in [7, 11) is 0. The highest BCUT2D eigenvalue weighted by Gasteiger charge is 1.86. The van der Waals surface area contributed by atoms with Crippen molar-refractivity contribution in [2.75, 3.05) is 0 Å². The lowest BCUT2D eigenvalue weighted by molar-refractivity contribution is 0.675. The zero-order valence-electron chi connectivity index (χ0n) is 11.4. The predicted octanol–water partition coefficient (Wildman–Crippen LogP) is 5.86. The van der Waals surface area contributed by atoms with Gasteiger partial charge >= 0.3 is 0 Å². The Morgan fingerprint density at radius 2 is 1.76 bits per heavy atom. The molecule has 0 heteroatoms. The van der Waals surface area contributed by atoms with E-state index in [-0.39, 0.29) is 0 Å². The number of hydrogen-bond donors (Lipinski definition) is 0. The van der Waals surface area contributed by atoms with Crippen molar-refractivity contribution in [3.63, 3.8) is 0 Å². The van der Waals surface area contributed by atoms with E-state index >= 15 is 0 Å². The molecule has 0 bridgehead atoms. The normalized spacial score (nSPS) is 9.06. The number of rotatable bonds is 6. The minimum absolute atomic E-state index is 1.12. The summed E-state index contributed by atoms with van der Waals surface area (Å²) in [4.78, 5) is 0. The summed E-state index contributed by atoms with van der Waals surface area (Å²) in [6, 6.07) is 10.2. The van der Waals surface area contributed by atoms with E-state index in [0.29, 0.717) is 0 Å². The van der Waals surface area contributed by atoms with Crippen molar-refractivity contribution < 1.29 is 0 Å². The van der Waals surface area contributed by atoms with Gasteiger partial charge in [0.25, 0.3) is 0 Å². The molecule has 0 fully saturated rings. The van der Waals surface area contributed by atoms with Crippen LogP contribution < -0.4 is 0 Å². The van der Waals surface area contributed by atoms with Gasteiger partial charge in [-0.25, -0.2) is 0 Å². The molecular formula is C17H26. The molecule has 0 aliphatic rings. The van der Waals surface area contributed by atoms with Crippen LogP contribution >= 0.6 is 0 Å². The van der Waals surface area contributed by atoms with Crippen LogP contribution in [0.4, 0.5) is 0 Å². The first-order chi connectivity index (χ1) is 8.22. The maximum atomic E-state index is 3.83. The number of unbranched alkanes of at least 4 members (excludes halogenated alkanes) is 4. The van der Waals surface area contributed by atoms with Gasteiger partial charge in [-0.05, 0) is 25.3 Å². The van der Waals surface area contributed by atoms with Crippen molar-refractivity contribution in [3.05, 3.63) is 55.1 Å². The monoisotopic (exact) mass is 230 g/mol. The first-order valence-electron chi connectivity index (χ1n) is 6.54. The maximum Gasteiger partial charge on any atom is -0.0233 e. The van der Waals surface area contributed by atoms with Gasteiger partial charge in [0.1, 0.15) is 0 Å². The Morgan fingerprint density at radius 3 is 2.18 bits per heavy atom. The third-order valence-corrected chi connectivity index (χ3v) is 2.53. The second-order valence-electron chi connectivity index (χ2n) is 4.28. The molecule has 0 saturated carbocycles. The Bertz CT molecular complexity index is 295. The van der Waals surface area contributed by atoms with Gasteiger partial charge in [0.2, 0.25) is 0 Å². The average Bonchev–Trinajstić information content (AvgIpc) is 2.37. The molecular weight excluding hydrogens is 204 g/mol. The van der Waals surface area contributed by atoms with Crippen molar-refractivity contribution >= 4 is 5.57 Å².